The number of nitrogens with zero attached hydrogens (tertiary/aromatic N) is 1. The third-order valence-electron chi connectivity index (χ3n) is 3.04. The Bertz CT molecular complexity index is 643. The number of nitrogens with two attached hydrogens (primary N) is 1. The maximum absolute atomic E-state index is 7.69. The van der Waals surface area contributed by atoms with Gasteiger partial charge in [0.15, 0.2) is 0 Å². The molecule has 5 heteroatoms. The largest absolute Gasteiger partial charge is 0.384 e. The first-order chi connectivity index (χ1) is 9.50. The Hall–Kier alpha value is -1.52. The molecule has 0 heterocycles. The van der Waals surface area contributed by atoms with Gasteiger partial charge >= 0.3 is 0 Å². The first-order valence-electron chi connectivity index (χ1n) is 6.08. The van der Waals surface area contributed by atoms with Crippen LogP contribution in [-0.2, 0) is 6.54 Å². The smallest absolute Gasteiger partial charge is 0.126 e. The average Bonchev–Trinajstić information content (AvgIpc) is 2.40. The van der Waals surface area contributed by atoms with Crippen LogP contribution in [0.1, 0.15) is 11.1 Å². The molecule has 2 rings (SSSR count). The fraction of sp³-hybridized carbons (Fsp3) is 0.133. The second-order valence-corrected chi connectivity index (χ2v) is 5.76. The van der Waals surface area contributed by atoms with Crippen LogP contribution in [0.15, 0.2) is 46.9 Å². The van der Waals surface area contributed by atoms with Gasteiger partial charge in [0.05, 0.1) is 10.6 Å². The molecule has 104 valence electrons. The van der Waals surface area contributed by atoms with Gasteiger partial charge in [-0.25, -0.2) is 0 Å². The second kappa shape index (κ2) is 6.29. The standard InChI is InChI=1S/C15H15BrClN3/c1-20(9-10-5-2-3-6-11(10)16)13-8-4-7-12(17)14(13)15(18)19/h2-8H,9H2,1H3,(H3,18,19). The van der Waals surface area contributed by atoms with Gasteiger partial charge in [0.1, 0.15) is 5.84 Å². The Morgan fingerprint density at radius 3 is 2.60 bits per heavy atom. The van der Waals surface area contributed by atoms with Gasteiger partial charge in [0, 0.05) is 23.8 Å². The number of nitrogens with one attached hydrogen (secondary N) is 1. The molecule has 0 saturated carbocycles. The van der Waals surface area contributed by atoms with E-state index < -0.39 is 0 Å². The monoisotopic (exact) mass is 351 g/mol. The molecule has 3 N–H and O–H groups in total. The highest BCUT2D eigenvalue weighted by Gasteiger charge is 2.14. The van der Waals surface area contributed by atoms with Gasteiger partial charge in [0.2, 0.25) is 0 Å². The molecule has 0 aliphatic carbocycles. The third-order valence-corrected chi connectivity index (χ3v) is 4.13. The zero-order valence-corrected chi connectivity index (χ0v) is 13.4. The lowest BCUT2D eigenvalue weighted by atomic mass is 10.1. The molecule has 2 aromatic carbocycles. The van der Waals surface area contributed by atoms with E-state index in [4.69, 9.17) is 22.7 Å². The fourth-order valence-electron chi connectivity index (χ4n) is 2.06. The summed E-state index contributed by atoms with van der Waals surface area (Å²) in [4.78, 5) is 2.03. The Kier molecular flexibility index (Phi) is 4.68. The van der Waals surface area contributed by atoms with Crippen LogP contribution in [0.5, 0.6) is 0 Å². The van der Waals surface area contributed by atoms with Crippen LogP contribution in [0.2, 0.25) is 5.02 Å². The molecular formula is C15H15BrClN3. The molecule has 3 nitrogen and oxygen atoms in total. The Balaban J connectivity index is 2.35. The van der Waals surface area contributed by atoms with Crippen LogP contribution in [0.4, 0.5) is 5.69 Å². The van der Waals surface area contributed by atoms with Gasteiger partial charge in [0.25, 0.3) is 0 Å². The minimum absolute atomic E-state index is 0.0235. The Morgan fingerprint density at radius 2 is 1.95 bits per heavy atom. The summed E-state index contributed by atoms with van der Waals surface area (Å²) in [7, 11) is 1.96. The summed E-state index contributed by atoms with van der Waals surface area (Å²) in [6, 6.07) is 13.6. The van der Waals surface area contributed by atoms with E-state index in [0.29, 0.717) is 17.1 Å². The van der Waals surface area contributed by atoms with E-state index in [1.807, 2.05) is 42.3 Å². The lowest BCUT2D eigenvalue weighted by Gasteiger charge is -2.23. The third kappa shape index (κ3) is 3.14. The van der Waals surface area contributed by atoms with Crippen molar-refractivity contribution in [1.82, 2.24) is 0 Å². The molecular weight excluding hydrogens is 338 g/mol. The zero-order valence-electron chi connectivity index (χ0n) is 11.0. The van der Waals surface area contributed by atoms with E-state index in [1.165, 1.54) is 0 Å². The molecule has 0 radical (unpaired) electrons. The van der Waals surface area contributed by atoms with Crippen LogP contribution >= 0.6 is 27.5 Å². The number of benzene rings is 2. The SMILES string of the molecule is CN(Cc1ccccc1Br)c1cccc(Cl)c1C(=N)N. The van der Waals surface area contributed by atoms with Gasteiger partial charge in [-0.15, -0.1) is 0 Å². The Labute approximate surface area is 132 Å². The molecule has 0 atom stereocenters. The average molecular weight is 353 g/mol. The minimum atomic E-state index is -0.0235. The molecule has 0 fully saturated rings. The molecule has 0 aliphatic heterocycles. The van der Waals surface area contributed by atoms with Crippen LogP contribution in [0, 0.1) is 5.41 Å². The lowest BCUT2D eigenvalue weighted by molar-refractivity contribution is 0.916. The first-order valence-corrected chi connectivity index (χ1v) is 7.25. The summed E-state index contributed by atoms with van der Waals surface area (Å²) in [5, 5.41) is 8.18. The fourth-order valence-corrected chi connectivity index (χ4v) is 2.75. The number of anilines is 1. The van der Waals surface area contributed by atoms with Crippen LogP contribution in [-0.4, -0.2) is 12.9 Å². The number of halogens is 2. The topological polar surface area (TPSA) is 53.1 Å². The van der Waals surface area contributed by atoms with Crippen molar-refractivity contribution in [3.05, 3.63) is 63.1 Å². The molecule has 0 bridgehead atoms. The molecule has 0 aromatic heterocycles. The van der Waals surface area contributed by atoms with Gasteiger partial charge in [-0.1, -0.05) is 51.8 Å². The van der Waals surface area contributed by atoms with Crippen molar-refractivity contribution in [2.24, 2.45) is 5.73 Å². The number of rotatable bonds is 4. The lowest BCUT2D eigenvalue weighted by Crippen LogP contribution is -2.22. The highest BCUT2D eigenvalue weighted by molar-refractivity contribution is 9.10. The van der Waals surface area contributed by atoms with E-state index in [1.54, 1.807) is 6.07 Å². The van der Waals surface area contributed by atoms with Gasteiger partial charge in [-0.2, -0.15) is 0 Å². The highest BCUT2D eigenvalue weighted by atomic mass is 79.9. The van der Waals surface area contributed by atoms with Crippen LogP contribution in [0.3, 0.4) is 0 Å². The normalized spacial score (nSPS) is 10.3. The van der Waals surface area contributed by atoms with Crippen molar-refractivity contribution >= 4 is 39.1 Å². The summed E-state index contributed by atoms with van der Waals surface area (Å²) in [6.45, 7) is 0.696. The minimum Gasteiger partial charge on any atom is -0.384 e. The Morgan fingerprint density at radius 1 is 1.25 bits per heavy atom. The first kappa shape index (κ1) is 14.9. The molecule has 0 saturated heterocycles. The van der Waals surface area contributed by atoms with E-state index in [2.05, 4.69) is 22.0 Å². The van der Waals surface area contributed by atoms with Crippen molar-refractivity contribution in [3.63, 3.8) is 0 Å². The van der Waals surface area contributed by atoms with Gasteiger partial charge < -0.3 is 10.6 Å². The van der Waals surface area contributed by atoms with Crippen molar-refractivity contribution in [1.29, 1.82) is 5.41 Å². The molecule has 0 unspecified atom stereocenters. The predicted octanol–water partition coefficient (Wildman–Crippen LogP) is 4.02. The van der Waals surface area contributed by atoms with Crippen LogP contribution in [0.25, 0.3) is 0 Å². The molecule has 20 heavy (non-hydrogen) atoms. The maximum atomic E-state index is 7.69. The molecule has 0 spiro atoms. The van der Waals surface area contributed by atoms with Crippen molar-refractivity contribution in [2.75, 3.05) is 11.9 Å². The second-order valence-electron chi connectivity index (χ2n) is 4.50. The van der Waals surface area contributed by atoms with Crippen molar-refractivity contribution in [2.45, 2.75) is 6.54 Å². The number of hydrogen-bond donors (Lipinski definition) is 2. The van der Waals surface area contributed by atoms with Gasteiger partial charge in [-0.05, 0) is 23.8 Å². The summed E-state index contributed by atoms with van der Waals surface area (Å²) >= 11 is 9.69. The molecule has 0 aliphatic rings. The van der Waals surface area contributed by atoms with E-state index in [0.717, 1.165) is 15.7 Å². The summed E-state index contributed by atoms with van der Waals surface area (Å²) in [6.07, 6.45) is 0. The summed E-state index contributed by atoms with van der Waals surface area (Å²) in [5.41, 5.74) is 8.22. The van der Waals surface area contributed by atoms with E-state index >= 15 is 0 Å². The quantitative estimate of drug-likeness (QED) is 0.645. The van der Waals surface area contributed by atoms with E-state index in [9.17, 15) is 0 Å². The number of amidine groups is 1. The van der Waals surface area contributed by atoms with E-state index in [-0.39, 0.29) is 5.84 Å². The van der Waals surface area contributed by atoms with Crippen molar-refractivity contribution < 1.29 is 0 Å². The van der Waals surface area contributed by atoms with Crippen molar-refractivity contribution in [3.8, 4) is 0 Å². The number of nitrogen functional groups attached to an aromatic ring is 1. The summed E-state index contributed by atoms with van der Waals surface area (Å²) < 4.78 is 1.05. The number of hydrogen-bond acceptors (Lipinski definition) is 2. The zero-order chi connectivity index (χ0) is 14.7. The maximum Gasteiger partial charge on any atom is 0.126 e. The molecule has 2 aromatic rings. The highest BCUT2D eigenvalue weighted by Crippen LogP contribution is 2.28. The van der Waals surface area contributed by atoms with Gasteiger partial charge in [-0.3, -0.25) is 5.41 Å². The van der Waals surface area contributed by atoms with Crippen LogP contribution < -0.4 is 10.6 Å². The predicted molar refractivity (Wildman–Crippen MR) is 88.7 cm³/mol. The molecule has 0 amide bonds. The summed E-state index contributed by atoms with van der Waals surface area (Å²) in [5.74, 6) is -0.0235.